The number of carbonyl (C=O) groups excluding carboxylic acids is 1. The minimum Gasteiger partial charge on any atom is -0.390 e. The molecule has 1 saturated heterocycles. The van der Waals surface area contributed by atoms with Crippen molar-refractivity contribution < 1.29 is 19.5 Å². The van der Waals surface area contributed by atoms with Crippen molar-refractivity contribution in [2.75, 3.05) is 18.9 Å². The van der Waals surface area contributed by atoms with Gasteiger partial charge in [-0.1, -0.05) is 18.2 Å². The average Bonchev–Trinajstić information content (AvgIpc) is 3.04. The highest BCUT2D eigenvalue weighted by Gasteiger charge is 2.35. The molecule has 0 spiro atoms. The third-order valence-corrected chi connectivity index (χ3v) is 4.08. The summed E-state index contributed by atoms with van der Waals surface area (Å²) < 4.78 is 6.86. The number of nitrogens with one attached hydrogen (secondary N) is 1. The number of anilines is 1. The maximum Gasteiger partial charge on any atom is 0.351 e. The SMILES string of the molecule is NC=N/C=C/CC(=O)NC/C=C/c1cn(C2CC(O)C(CON)O2)c(=O)nc1N. The molecule has 1 aromatic rings. The molecule has 1 aliphatic rings. The first-order valence-corrected chi connectivity index (χ1v) is 8.81. The van der Waals surface area contributed by atoms with Crippen LogP contribution in [0, 0.1) is 0 Å². The standard InChI is InChI=1S/C17H25N7O5/c18-10-21-5-2-4-14(26)22-6-1-3-11-8-24(17(27)23-16(11)19)15-7-12(25)13(29-15)9-28-20/h1-3,5,8,10,12-13,15,25H,4,6-7,9,20H2,(H2,18,21)(H,22,26)(H2,19,23,27)/b3-1+,5-2+. The van der Waals surface area contributed by atoms with E-state index in [1.54, 1.807) is 18.2 Å². The molecule has 0 bridgehead atoms. The van der Waals surface area contributed by atoms with Gasteiger partial charge in [-0.05, 0) is 0 Å². The minimum atomic E-state index is -0.827. The Morgan fingerprint density at radius 1 is 1.52 bits per heavy atom. The Kier molecular flexibility index (Phi) is 8.48. The number of aliphatic hydroxyl groups is 1. The van der Waals surface area contributed by atoms with Crippen LogP contribution in [0.4, 0.5) is 5.82 Å². The summed E-state index contributed by atoms with van der Waals surface area (Å²) in [5.41, 5.74) is 10.7. The predicted octanol–water partition coefficient (Wildman–Crippen LogP) is -1.62. The molecule has 158 valence electrons. The summed E-state index contributed by atoms with van der Waals surface area (Å²) >= 11 is 0. The summed E-state index contributed by atoms with van der Waals surface area (Å²) in [6.45, 7) is 0.245. The third-order valence-electron chi connectivity index (χ3n) is 4.08. The normalized spacial score (nSPS) is 22.2. The molecule has 3 atom stereocenters. The maximum absolute atomic E-state index is 12.2. The van der Waals surface area contributed by atoms with Crippen LogP contribution >= 0.6 is 0 Å². The molecule has 1 aromatic heterocycles. The summed E-state index contributed by atoms with van der Waals surface area (Å²) in [4.78, 5) is 35.8. The van der Waals surface area contributed by atoms with Crippen molar-refractivity contribution >= 4 is 24.1 Å². The number of ether oxygens (including phenoxy) is 1. The molecule has 0 aromatic carbocycles. The summed E-state index contributed by atoms with van der Waals surface area (Å²) in [5, 5.41) is 12.7. The molecule has 3 unspecified atom stereocenters. The number of hydrogen-bond acceptors (Lipinski definition) is 9. The Bertz CT molecular complexity index is 836. The van der Waals surface area contributed by atoms with E-state index in [4.69, 9.17) is 22.1 Å². The van der Waals surface area contributed by atoms with Gasteiger partial charge in [0.1, 0.15) is 18.1 Å². The molecule has 2 rings (SSSR count). The van der Waals surface area contributed by atoms with Crippen LogP contribution < -0.4 is 28.4 Å². The number of aromatic nitrogens is 2. The second kappa shape index (κ2) is 11.1. The van der Waals surface area contributed by atoms with Crippen molar-refractivity contribution in [1.82, 2.24) is 14.9 Å². The number of rotatable bonds is 9. The number of hydrogen-bond donors (Lipinski definition) is 5. The second-order valence-corrected chi connectivity index (χ2v) is 6.13. The van der Waals surface area contributed by atoms with Gasteiger partial charge >= 0.3 is 5.69 Å². The predicted molar refractivity (Wildman–Crippen MR) is 106 cm³/mol. The van der Waals surface area contributed by atoms with E-state index in [9.17, 15) is 14.7 Å². The lowest BCUT2D eigenvalue weighted by Gasteiger charge is -2.16. The first kappa shape index (κ1) is 22.2. The fourth-order valence-corrected chi connectivity index (χ4v) is 2.66. The maximum atomic E-state index is 12.2. The van der Waals surface area contributed by atoms with E-state index in [1.807, 2.05) is 0 Å². The number of aliphatic hydroxyl groups excluding tert-OH is 1. The van der Waals surface area contributed by atoms with Crippen LogP contribution in [0.25, 0.3) is 6.08 Å². The molecule has 1 amide bonds. The van der Waals surface area contributed by atoms with Gasteiger partial charge in [0.05, 0.1) is 19.0 Å². The van der Waals surface area contributed by atoms with Crippen LogP contribution in [0.2, 0.25) is 0 Å². The summed E-state index contributed by atoms with van der Waals surface area (Å²) in [7, 11) is 0. The van der Waals surface area contributed by atoms with Gasteiger partial charge in [-0.3, -0.25) is 9.36 Å². The lowest BCUT2D eigenvalue weighted by molar-refractivity contribution is -0.120. The van der Waals surface area contributed by atoms with Crippen LogP contribution in [-0.2, 0) is 14.4 Å². The van der Waals surface area contributed by atoms with E-state index < -0.39 is 24.1 Å². The van der Waals surface area contributed by atoms with E-state index in [1.165, 1.54) is 17.0 Å². The summed E-state index contributed by atoms with van der Waals surface area (Å²) in [6, 6.07) is 0. The Morgan fingerprint density at radius 3 is 3.03 bits per heavy atom. The number of aliphatic imine (C=N–C) groups is 1. The molecule has 12 nitrogen and oxygen atoms in total. The van der Waals surface area contributed by atoms with Crippen LogP contribution in [0.3, 0.4) is 0 Å². The smallest absolute Gasteiger partial charge is 0.351 e. The largest absolute Gasteiger partial charge is 0.390 e. The van der Waals surface area contributed by atoms with Crippen molar-refractivity contribution in [2.24, 2.45) is 16.6 Å². The van der Waals surface area contributed by atoms with Crippen LogP contribution in [0.5, 0.6) is 0 Å². The Morgan fingerprint density at radius 2 is 2.31 bits per heavy atom. The van der Waals surface area contributed by atoms with E-state index in [-0.39, 0.29) is 37.7 Å². The van der Waals surface area contributed by atoms with Crippen molar-refractivity contribution in [3.63, 3.8) is 0 Å². The summed E-state index contributed by atoms with van der Waals surface area (Å²) in [6.07, 6.45) is 7.04. The fraction of sp³-hybridized carbons (Fsp3) is 0.412. The molecule has 1 aliphatic heterocycles. The molecule has 8 N–H and O–H groups in total. The molecular formula is C17H25N7O5. The van der Waals surface area contributed by atoms with Gasteiger partial charge in [-0.2, -0.15) is 4.98 Å². The zero-order valence-corrected chi connectivity index (χ0v) is 15.7. The second-order valence-electron chi connectivity index (χ2n) is 6.13. The third kappa shape index (κ3) is 6.50. The number of nitrogen functional groups attached to an aromatic ring is 1. The average molecular weight is 407 g/mol. The molecule has 1 fully saturated rings. The van der Waals surface area contributed by atoms with Gasteiger partial charge in [0.25, 0.3) is 0 Å². The zero-order chi connectivity index (χ0) is 21.2. The van der Waals surface area contributed by atoms with Gasteiger partial charge in [-0.15, -0.1) is 0 Å². The van der Waals surface area contributed by atoms with Gasteiger partial charge < -0.3 is 31.5 Å². The Labute approximate surface area is 166 Å². The van der Waals surface area contributed by atoms with Gasteiger partial charge in [0, 0.05) is 37.3 Å². The minimum absolute atomic E-state index is 0.00492. The first-order chi connectivity index (χ1) is 14.0. The highest BCUT2D eigenvalue weighted by atomic mass is 16.6. The van der Waals surface area contributed by atoms with Gasteiger partial charge in [0.15, 0.2) is 0 Å². The lowest BCUT2D eigenvalue weighted by Crippen LogP contribution is -2.29. The van der Waals surface area contributed by atoms with E-state index in [0.717, 1.165) is 6.34 Å². The highest BCUT2D eigenvalue weighted by molar-refractivity contribution is 5.77. The van der Waals surface area contributed by atoms with Crippen molar-refractivity contribution in [2.45, 2.75) is 31.3 Å². The van der Waals surface area contributed by atoms with Gasteiger partial charge in [-0.25, -0.2) is 15.7 Å². The number of nitrogens with two attached hydrogens (primary N) is 3. The van der Waals surface area contributed by atoms with Crippen molar-refractivity contribution in [3.8, 4) is 0 Å². The zero-order valence-electron chi connectivity index (χ0n) is 15.7. The topological polar surface area (TPSA) is 193 Å². The van der Waals surface area contributed by atoms with E-state index in [0.29, 0.717) is 5.56 Å². The monoisotopic (exact) mass is 407 g/mol. The number of carbonyl (C=O) groups is 1. The fourth-order valence-electron chi connectivity index (χ4n) is 2.66. The summed E-state index contributed by atoms with van der Waals surface area (Å²) in [5.74, 6) is 4.86. The van der Waals surface area contributed by atoms with Crippen molar-refractivity contribution in [3.05, 3.63) is 40.6 Å². The quantitative estimate of drug-likeness (QED) is 0.182. The Balaban J connectivity index is 1.99. The van der Waals surface area contributed by atoms with Gasteiger partial charge in [0.2, 0.25) is 5.91 Å². The molecule has 0 aliphatic carbocycles. The molecule has 29 heavy (non-hydrogen) atoms. The molecule has 12 heteroatoms. The Hall–Kier alpha value is -3.06. The molecule has 2 heterocycles. The number of nitrogens with zero attached hydrogens (tertiary/aromatic N) is 3. The number of amides is 1. The molecular weight excluding hydrogens is 382 g/mol. The molecule has 0 radical (unpaired) electrons. The van der Waals surface area contributed by atoms with E-state index >= 15 is 0 Å². The lowest BCUT2D eigenvalue weighted by atomic mass is 10.2. The van der Waals surface area contributed by atoms with E-state index in [2.05, 4.69) is 20.1 Å². The van der Waals surface area contributed by atoms with Crippen molar-refractivity contribution in [1.29, 1.82) is 0 Å². The highest BCUT2D eigenvalue weighted by Crippen LogP contribution is 2.28. The van der Waals surface area contributed by atoms with Crippen LogP contribution in [0.1, 0.15) is 24.6 Å². The van der Waals surface area contributed by atoms with Crippen LogP contribution in [0.15, 0.2) is 34.3 Å². The first-order valence-electron chi connectivity index (χ1n) is 8.81. The van der Waals surface area contributed by atoms with Crippen LogP contribution in [-0.4, -0.2) is 52.3 Å². The molecule has 0 saturated carbocycles.